The molecular formula is C22H24N2O3S. The second-order valence-corrected chi connectivity index (χ2v) is 7.78. The quantitative estimate of drug-likeness (QED) is 0.471. The predicted octanol–water partition coefficient (Wildman–Crippen LogP) is 3.78. The molecule has 0 saturated carbocycles. The number of aromatic nitrogens is 1. The van der Waals surface area contributed by atoms with Gasteiger partial charge in [-0.2, -0.15) is 0 Å². The minimum atomic E-state index is -0.726. The molecule has 0 bridgehead atoms. The smallest absolute Gasteiger partial charge is 0.328 e. The third kappa shape index (κ3) is 4.75. The van der Waals surface area contributed by atoms with Gasteiger partial charge in [0, 0.05) is 28.4 Å². The zero-order valence-corrected chi connectivity index (χ0v) is 17.1. The van der Waals surface area contributed by atoms with Crippen LogP contribution in [0.2, 0.25) is 0 Å². The lowest BCUT2D eigenvalue weighted by atomic mass is 10.0. The molecule has 0 aliphatic rings. The van der Waals surface area contributed by atoms with E-state index in [4.69, 9.17) is 4.74 Å². The van der Waals surface area contributed by atoms with Crippen LogP contribution in [0.15, 0.2) is 53.6 Å². The molecule has 0 unspecified atom stereocenters. The van der Waals surface area contributed by atoms with Crippen molar-refractivity contribution in [1.29, 1.82) is 0 Å². The summed E-state index contributed by atoms with van der Waals surface area (Å²) >= 11 is 1.47. The minimum Gasteiger partial charge on any atom is -0.467 e. The van der Waals surface area contributed by atoms with E-state index in [0.717, 1.165) is 26.9 Å². The SMILES string of the molecule is COC(=O)[C@@H](Cc1c[nH]c2ccccc12)NC(=O)CSc1ccc(C)cc1C. The Morgan fingerprint density at radius 2 is 1.96 bits per heavy atom. The van der Waals surface area contributed by atoms with Crippen molar-refractivity contribution in [2.45, 2.75) is 31.2 Å². The lowest BCUT2D eigenvalue weighted by Crippen LogP contribution is -2.43. The first-order valence-electron chi connectivity index (χ1n) is 9.10. The highest BCUT2D eigenvalue weighted by molar-refractivity contribution is 8.00. The summed E-state index contributed by atoms with van der Waals surface area (Å²) in [5.41, 5.74) is 4.29. The van der Waals surface area contributed by atoms with Gasteiger partial charge in [-0.05, 0) is 37.1 Å². The first-order chi connectivity index (χ1) is 13.5. The third-order valence-corrected chi connectivity index (χ3v) is 5.78. The third-order valence-electron chi connectivity index (χ3n) is 4.61. The monoisotopic (exact) mass is 396 g/mol. The number of hydrogen-bond acceptors (Lipinski definition) is 4. The minimum absolute atomic E-state index is 0.194. The molecular weight excluding hydrogens is 372 g/mol. The fraction of sp³-hybridized carbons (Fsp3) is 0.273. The van der Waals surface area contributed by atoms with Crippen LogP contribution < -0.4 is 5.32 Å². The largest absolute Gasteiger partial charge is 0.467 e. The highest BCUT2D eigenvalue weighted by Crippen LogP contribution is 2.23. The number of benzene rings is 2. The number of rotatable bonds is 7. The van der Waals surface area contributed by atoms with Gasteiger partial charge in [0.2, 0.25) is 5.91 Å². The number of esters is 1. The molecule has 3 aromatic rings. The number of aryl methyl sites for hydroxylation is 2. The van der Waals surface area contributed by atoms with Crippen LogP contribution in [0.5, 0.6) is 0 Å². The molecule has 146 valence electrons. The van der Waals surface area contributed by atoms with Crippen LogP contribution in [0, 0.1) is 13.8 Å². The maximum atomic E-state index is 12.5. The Morgan fingerprint density at radius 1 is 1.18 bits per heavy atom. The number of carbonyl (C=O) groups excluding carboxylic acids is 2. The summed E-state index contributed by atoms with van der Waals surface area (Å²) in [5, 5.41) is 3.86. The molecule has 0 aliphatic heterocycles. The van der Waals surface area contributed by atoms with E-state index in [-0.39, 0.29) is 11.7 Å². The highest BCUT2D eigenvalue weighted by atomic mass is 32.2. The number of nitrogens with one attached hydrogen (secondary N) is 2. The number of aromatic amines is 1. The molecule has 0 fully saturated rings. The number of fused-ring (bicyclic) bond motifs is 1. The number of thioether (sulfide) groups is 1. The lowest BCUT2D eigenvalue weighted by Gasteiger charge is -2.16. The van der Waals surface area contributed by atoms with Crippen molar-refractivity contribution in [2.75, 3.05) is 12.9 Å². The van der Waals surface area contributed by atoms with Crippen molar-refractivity contribution in [3.8, 4) is 0 Å². The van der Waals surface area contributed by atoms with Gasteiger partial charge in [-0.25, -0.2) is 4.79 Å². The van der Waals surface area contributed by atoms with Crippen LogP contribution in [0.1, 0.15) is 16.7 Å². The van der Waals surface area contributed by atoms with Gasteiger partial charge in [0.05, 0.1) is 12.9 Å². The Bertz CT molecular complexity index is 996. The fourth-order valence-corrected chi connectivity index (χ4v) is 4.02. The van der Waals surface area contributed by atoms with E-state index >= 15 is 0 Å². The highest BCUT2D eigenvalue weighted by Gasteiger charge is 2.23. The zero-order chi connectivity index (χ0) is 20.1. The summed E-state index contributed by atoms with van der Waals surface area (Å²) in [5.74, 6) is -0.402. The zero-order valence-electron chi connectivity index (χ0n) is 16.2. The van der Waals surface area contributed by atoms with Crippen molar-refractivity contribution in [3.63, 3.8) is 0 Å². The van der Waals surface area contributed by atoms with Crippen LogP contribution in [0.25, 0.3) is 10.9 Å². The maximum Gasteiger partial charge on any atom is 0.328 e. The number of methoxy groups -OCH3 is 1. The van der Waals surface area contributed by atoms with Crippen LogP contribution in [0.4, 0.5) is 0 Å². The van der Waals surface area contributed by atoms with Gasteiger partial charge in [-0.15, -0.1) is 11.8 Å². The van der Waals surface area contributed by atoms with Crippen LogP contribution >= 0.6 is 11.8 Å². The van der Waals surface area contributed by atoms with Crippen LogP contribution in [-0.4, -0.2) is 35.8 Å². The Balaban J connectivity index is 1.66. The van der Waals surface area contributed by atoms with Gasteiger partial charge in [0.1, 0.15) is 6.04 Å². The van der Waals surface area contributed by atoms with E-state index in [2.05, 4.69) is 16.4 Å². The van der Waals surface area contributed by atoms with Crippen molar-refractivity contribution >= 4 is 34.5 Å². The van der Waals surface area contributed by atoms with Crippen molar-refractivity contribution in [3.05, 3.63) is 65.4 Å². The van der Waals surface area contributed by atoms with Crippen molar-refractivity contribution < 1.29 is 14.3 Å². The Kier molecular flexibility index (Phi) is 6.41. The summed E-state index contributed by atoms with van der Waals surface area (Å²) < 4.78 is 4.90. The van der Waals surface area contributed by atoms with E-state index in [1.807, 2.05) is 56.4 Å². The molecule has 2 N–H and O–H groups in total. The van der Waals surface area contributed by atoms with Gasteiger partial charge in [-0.1, -0.05) is 35.9 Å². The first kappa shape index (κ1) is 20.0. The maximum absolute atomic E-state index is 12.5. The van der Waals surface area contributed by atoms with E-state index in [1.165, 1.54) is 24.4 Å². The Morgan fingerprint density at radius 3 is 2.71 bits per heavy atom. The van der Waals surface area contributed by atoms with Gasteiger partial charge in [0.25, 0.3) is 0 Å². The summed E-state index contributed by atoms with van der Waals surface area (Å²) in [4.78, 5) is 28.9. The topological polar surface area (TPSA) is 71.2 Å². The van der Waals surface area contributed by atoms with E-state index in [0.29, 0.717) is 6.42 Å². The van der Waals surface area contributed by atoms with Crippen LogP contribution in [0.3, 0.4) is 0 Å². The Hall–Kier alpha value is -2.73. The molecule has 6 heteroatoms. The lowest BCUT2D eigenvalue weighted by molar-refractivity contribution is -0.144. The summed E-state index contributed by atoms with van der Waals surface area (Å²) in [6, 6.07) is 13.3. The fourth-order valence-electron chi connectivity index (χ4n) is 3.20. The molecule has 0 radical (unpaired) electrons. The number of amides is 1. The van der Waals surface area contributed by atoms with Gasteiger partial charge >= 0.3 is 5.97 Å². The van der Waals surface area contributed by atoms with Crippen molar-refractivity contribution in [2.24, 2.45) is 0 Å². The van der Waals surface area contributed by atoms with E-state index in [1.54, 1.807) is 0 Å². The molecule has 5 nitrogen and oxygen atoms in total. The number of H-pyrrole nitrogens is 1. The Labute approximate surface area is 168 Å². The molecule has 0 spiro atoms. The molecule has 1 amide bonds. The average molecular weight is 397 g/mol. The summed E-state index contributed by atoms with van der Waals surface area (Å²) in [6.07, 6.45) is 2.24. The second-order valence-electron chi connectivity index (χ2n) is 6.76. The summed E-state index contributed by atoms with van der Waals surface area (Å²) in [6.45, 7) is 4.07. The normalized spacial score (nSPS) is 12.0. The van der Waals surface area contributed by atoms with Crippen LogP contribution in [-0.2, 0) is 20.7 Å². The van der Waals surface area contributed by atoms with Gasteiger partial charge in [0.15, 0.2) is 0 Å². The standard InChI is InChI=1S/C22H24N2O3S/c1-14-8-9-20(15(2)10-14)28-13-21(25)24-19(22(26)27-3)11-16-12-23-18-7-5-4-6-17(16)18/h4-10,12,19,23H,11,13H2,1-3H3,(H,24,25)/t19-/m1/s1. The molecule has 28 heavy (non-hydrogen) atoms. The molecule has 2 aromatic carbocycles. The molecule has 0 saturated heterocycles. The molecule has 3 rings (SSSR count). The molecule has 1 heterocycles. The first-order valence-corrected chi connectivity index (χ1v) is 10.1. The molecule has 1 atom stereocenters. The van der Waals surface area contributed by atoms with Gasteiger partial charge in [-0.3, -0.25) is 4.79 Å². The second kappa shape index (κ2) is 8.97. The number of carbonyl (C=O) groups is 2. The van der Waals surface area contributed by atoms with E-state index < -0.39 is 12.0 Å². The number of ether oxygens (including phenoxy) is 1. The van der Waals surface area contributed by atoms with E-state index in [9.17, 15) is 9.59 Å². The predicted molar refractivity (Wildman–Crippen MR) is 113 cm³/mol. The molecule has 0 aliphatic carbocycles. The number of para-hydroxylation sites is 1. The molecule has 1 aromatic heterocycles. The van der Waals surface area contributed by atoms with Crippen molar-refractivity contribution in [1.82, 2.24) is 10.3 Å². The average Bonchev–Trinajstić information content (AvgIpc) is 3.09. The number of hydrogen-bond donors (Lipinski definition) is 2. The summed E-state index contributed by atoms with van der Waals surface area (Å²) in [7, 11) is 1.33. The van der Waals surface area contributed by atoms with Gasteiger partial charge < -0.3 is 15.0 Å².